The van der Waals surface area contributed by atoms with Crippen molar-refractivity contribution < 1.29 is 0 Å². The second-order valence-electron chi connectivity index (χ2n) is 8.60. The number of piperidine rings is 1. The van der Waals surface area contributed by atoms with Crippen LogP contribution in [0.15, 0.2) is 0 Å². The topological polar surface area (TPSA) is 6.48 Å². The first-order valence-electron chi connectivity index (χ1n) is 9.03. The van der Waals surface area contributed by atoms with Crippen LogP contribution in [0.1, 0.15) is 65.2 Å². The highest BCUT2D eigenvalue weighted by Crippen LogP contribution is 2.65. The van der Waals surface area contributed by atoms with Gasteiger partial charge in [0.2, 0.25) is 0 Å². The monoisotopic (exact) mass is 276 g/mol. The summed E-state index contributed by atoms with van der Waals surface area (Å²) in [5.74, 6) is 1.04. The molecule has 2 nitrogen and oxygen atoms in total. The van der Waals surface area contributed by atoms with Gasteiger partial charge in [0.1, 0.15) is 0 Å². The number of nitrogens with zero attached hydrogens (tertiary/aromatic N) is 2. The third-order valence-electron chi connectivity index (χ3n) is 7.68. The van der Waals surface area contributed by atoms with Crippen molar-refractivity contribution in [3.8, 4) is 0 Å². The van der Waals surface area contributed by atoms with Crippen molar-refractivity contribution in [2.45, 2.75) is 82.8 Å². The minimum atomic E-state index is 0.660. The van der Waals surface area contributed by atoms with Gasteiger partial charge in [-0.2, -0.15) is 0 Å². The molecular weight excluding hydrogens is 244 g/mol. The Hall–Kier alpha value is -0.0800. The predicted octanol–water partition coefficient (Wildman–Crippen LogP) is 3.51. The normalized spacial score (nSPS) is 39.6. The van der Waals surface area contributed by atoms with Crippen LogP contribution < -0.4 is 0 Å². The molecule has 2 saturated carbocycles. The Balaban J connectivity index is 1.39. The van der Waals surface area contributed by atoms with E-state index in [9.17, 15) is 0 Å². The molecule has 0 amide bonds. The van der Waals surface area contributed by atoms with Gasteiger partial charge in [0.25, 0.3) is 0 Å². The van der Waals surface area contributed by atoms with E-state index in [2.05, 4.69) is 30.7 Å². The molecule has 2 saturated heterocycles. The molecule has 4 aliphatic rings. The van der Waals surface area contributed by atoms with E-state index in [1.165, 1.54) is 58.0 Å². The molecule has 2 aliphatic carbocycles. The number of hydrogen-bond donors (Lipinski definition) is 0. The van der Waals surface area contributed by atoms with Crippen LogP contribution in [-0.4, -0.2) is 47.6 Å². The van der Waals surface area contributed by atoms with E-state index < -0.39 is 0 Å². The molecular formula is C18H32N2. The Morgan fingerprint density at radius 1 is 1.00 bits per heavy atom. The van der Waals surface area contributed by atoms with Crippen LogP contribution >= 0.6 is 0 Å². The van der Waals surface area contributed by atoms with E-state index in [4.69, 9.17) is 0 Å². The molecule has 2 heterocycles. The van der Waals surface area contributed by atoms with Gasteiger partial charge >= 0.3 is 0 Å². The molecule has 2 spiro atoms. The maximum atomic E-state index is 2.84. The van der Waals surface area contributed by atoms with Crippen molar-refractivity contribution in [3.63, 3.8) is 0 Å². The predicted molar refractivity (Wildman–Crippen MR) is 83.9 cm³/mol. The van der Waals surface area contributed by atoms with Crippen LogP contribution in [0.2, 0.25) is 0 Å². The molecule has 2 aliphatic heterocycles. The quantitative estimate of drug-likeness (QED) is 0.761. The van der Waals surface area contributed by atoms with Crippen LogP contribution in [0.5, 0.6) is 0 Å². The molecule has 0 bridgehead atoms. The van der Waals surface area contributed by atoms with E-state index in [-0.39, 0.29) is 0 Å². The summed E-state index contributed by atoms with van der Waals surface area (Å²) in [4.78, 5) is 5.52. The van der Waals surface area contributed by atoms with Crippen molar-refractivity contribution in [1.82, 2.24) is 9.80 Å². The molecule has 0 radical (unpaired) electrons. The Morgan fingerprint density at radius 3 is 2.20 bits per heavy atom. The first-order valence-corrected chi connectivity index (χ1v) is 9.03. The second-order valence-corrected chi connectivity index (χ2v) is 8.60. The zero-order valence-corrected chi connectivity index (χ0v) is 13.7. The summed E-state index contributed by atoms with van der Waals surface area (Å²) in [7, 11) is 2.45. The average molecular weight is 276 g/mol. The summed E-state index contributed by atoms with van der Waals surface area (Å²) in [5.41, 5.74) is 1.42. The summed E-state index contributed by atoms with van der Waals surface area (Å²) >= 11 is 0. The lowest BCUT2D eigenvalue weighted by molar-refractivity contribution is 0.0401. The largest absolute Gasteiger partial charge is 0.301 e. The Labute approximate surface area is 124 Å². The maximum Gasteiger partial charge on any atom is 0.0210 e. The molecule has 2 heteroatoms. The van der Waals surface area contributed by atoms with E-state index in [1.54, 1.807) is 6.42 Å². The average Bonchev–Trinajstić information content (AvgIpc) is 2.93. The van der Waals surface area contributed by atoms with E-state index in [0.29, 0.717) is 5.54 Å². The third-order valence-corrected chi connectivity index (χ3v) is 7.68. The zero-order valence-electron chi connectivity index (χ0n) is 13.7. The molecule has 4 fully saturated rings. The Kier molecular flexibility index (Phi) is 3.03. The lowest BCUT2D eigenvalue weighted by Crippen LogP contribution is -2.50. The molecule has 0 aromatic rings. The van der Waals surface area contributed by atoms with Gasteiger partial charge in [-0.15, -0.1) is 0 Å². The van der Waals surface area contributed by atoms with E-state index >= 15 is 0 Å². The Bertz CT molecular complexity index is 377. The van der Waals surface area contributed by atoms with Gasteiger partial charge in [-0.25, -0.2) is 0 Å². The highest BCUT2D eigenvalue weighted by Gasteiger charge is 2.62. The fraction of sp³-hybridized carbons (Fsp3) is 1.00. The molecule has 0 aromatic carbocycles. The van der Waals surface area contributed by atoms with Crippen LogP contribution in [0, 0.1) is 11.3 Å². The summed E-state index contributed by atoms with van der Waals surface area (Å²) in [6.07, 6.45) is 12.0. The van der Waals surface area contributed by atoms with Crippen molar-refractivity contribution >= 4 is 0 Å². The summed E-state index contributed by atoms with van der Waals surface area (Å²) in [5, 5.41) is 0. The van der Waals surface area contributed by atoms with Gasteiger partial charge in [0.05, 0.1) is 0 Å². The first kappa shape index (κ1) is 13.6. The number of rotatable bonds is 2. The lowest BCUT2D eigenvalue weighted by Gasteiger charge is -2.46. The Morgan fingerprint density at radius 2 is 1.70 bits per heavy atom. The van der Waals surface area contributed by atoms with Gasteiger partial charge in [-0.3, -0.25) is 4.90 Å². The molecule has 4 rings (SSSR count). The first-order chi connectivity index (χ1) is 9.56. The standard InChI is InChI=1S/C18H32N2/c1-14(2)20-11-9-17(10-12-20)13-15(17)16-5-8-18(19(16)3)6-4-7-18/h14-16H,4-13H2,1-3H3. The van der Waals surface area contributed by atoms with Crippen molar-refractivity contribution in [2.75, 3.05) is 20.1 Å². The third kappa shape index (κ3) is 1.83. The molecule has 2 unspecified atom stereocenters. The van der Waals surface area contributed by atoms with Gasteiger partial charge in [-0.05, 0) is 96.7 Å². The van der Waals surface area contributed by atoms with Crippen LogP contribution in [-0.2, 0) is 0 Å². The smallest absolute Gasteiger partial charge is 0.0210 e. The minimum Gasteiger partial charge on any atom is -0.301 e. The molecule has 0 aromatic heterocycles. The zero-order chi connectivity index (χ0) is 14.0. The van der Waals surface area contributed by atoms with Crippen LogP contribution in [0.3, 0.4) is 0 Å². The fourth-order valence-corrected chi connectivity index (χ4v) is 5.78. The molecule has 114 valence electrons. The SMILES string of the molecule is CC(C)N1CCC2(CC1)CC2C1CCC2(CCC2)N1C. The number of likely N-dealkylation sites (tertiary alicyclic amines) is 2. The maximum absolute atomic E-state index is 2.84. The van der Waals surface area contributed by atoms with Gasteiger partial charge in [-0.1, -0.05) is 0 Å². The van der Waals surface area contributed by atoms with Crippen molar-refractivity contribution in [3.05, 3.63) is 0 Å². The van der Waals surface area contributed by atoms with Gasteiger partial charge in [0.15, 0.2) is 0 Å². The van der Waals surface area contributed by atoms with Crippen LogP contribution in [0.4, 0.5) is 0 Å². The van der Waals surface area contributed by atoms with E-state index in [0.717, 1.165) is 23.4 Å². The fourth-order valence-electron chi connectivity index (χ4n) is 5.78. The summed E-state index contributed by atoms with van der Waals surface area (Å²) in [6, 6.07) is 1.68. The van der Waals surface area contributed by atoms with E-state index in [1.807, 2.05) is 0 Å². The lowest BCUT2D eigenvalue weighted by atomic mass is 9.75. The highest BCUT2D eigenvalue weighted by atomic mass is 15.3. The summed E-state index contributed by atoms with van der Waals surface area (Å²) in [6.45, 7) is 7.42. The van der Waals surface area contributed by atoms with Gasteiger partial charge < -0.3 is 4.90 Å². The second kappa shape index (κ2) is 4.46. The minimum absolute atomic E-state index is 0.660. The number of hydrogen-bond acceptors (Lipinski definition) is 2. The highest BCUT2D eigenvalue weighted by molar-refractivity contribution is 5.15. The molecule has 0 N–H and O–H groups in total. The summed E-state index contributed by atoms with van der Waals surface area (Å²) < 4.78 is 0. The van der Waals surface area contributed by atoms with Crippen LogP contribution in [0.25, 0.3) is 0 Å². The molecule has 2 atom stereocenters. The van der Waals surface area contributed by atoms with Crippen molar-refractivity contribution in [1.29, 1.82) is 0 Å². The van der Waals surface area contributed by atoms with Gasteiger partial charge in [0, 0.05) is 17.6 Å². The molecule has 20 heavy (non-hydrogen) atoms. The van der Waals surface area contributed by atoms with Crippen molar-refractivity contribution in [2.24, 2.45) is 11.3 Å².